The second kappa shape index (κ2) is 23.0. The molecule has 4 aromatic rings. The van der Waals surface area contributed by atoms with Crippen molar-refractivity contribution in [2.45, 2.75) is 76.3 Å². The molecule has 3 aliphatic heterocycles. The number of fused-ring (bicyclic) bond motifs is 1. The molecule has 21 heteroatoms. The predicted molar refractivity (Wildman–Crippen MR) is 264 cm³/mol. The highest BCUT2D eigenvalue weighted by atomic mass is 35.5. The van der Waals surface area contributed by atoms with E-state index in [2.05, 4.69) is 53.3 Å². The van der Waals surface area contributed by atoms with E-state index in [1.54, 1.807) is 50.2 Å². The molecule has 2 saturated heterocycles. The summed E-state index contributed by atoms with van der Waals surface area (Å²) in [7, 11) is -3.59. The summed E-state index contributed by atoms with van der Waals surface area (Å²) in [6.07, 6.45) is 1.81. The molecule has 3 aromatic carbocycles. The summed E-state index contributed by atoms with van der Waals surface area (Å²) < 4.78 is 44.0. The van der Waals surface area contributed by atoms with E-state index in [1.807, 2.05) is 32.0 Å². The Labute approximate surface area is 407 Å². The lowest BCUT2D eigenvalue weighted by molar-refractivity contribution is -0.137. The van der Waals surface area contributed by atoms with E-state index in [0.717, 1.165) is 49.5 Å². The molecule has 19 nitrogen and oxygen atoms in total. The Hall–Kier alpha value is -6.06. The van der Waals surface area contributed by atoms with Crippen molar-refractivity contribution in [1.82, 2.24) is 30.4 Å². The molecular formula is C48H61ClN10O9S. The Kier molecular flexibility index (Phi) is 17.0. The number of imide groups is 1. The van der Waals surface area contributed by atoms with Crippen LogP contribution in [0.2, 0.25) is 5.02 Å². The summed E-state index contributed by atoms with van der Waals surface area (Å²) in [6, 6.07) is 15.3. The first-order chi connectivity index (χ1) is 33.1. The van der Waals surface area contributed by atoms with Crippen LogP contribution in [0.4, 0.5) is 34.5 Å². The molecule has 1 aromatic heterocycles. The monoisotopic (exact) mass is 988 g/mol. The zero-order valence-corrected chi connectivity index (χ0v) is 41.2. The average molecular weight is 990 g/mol. The van der Waals surface area contributed by atoms with Crippen molar-refractivity contribution in [1.29, 1.82) is 0 Å². The number of aryl methyl sites for hydroxylation is 1. The smallest absolute Gasteiger partial charge is 0.257 e. The van der Waals surface area contributed by atoms with Crippen molar-refractivity contribution in [3.05, 3.63) is 82.5 Å². The minimum Gasteiger partial charge on any atom is -0.489 e. The first-order valence-corrected chi connectivity index (χ1v) is 25.1. The van der Waals surface area contributed by atoms with Crippen LogP contribution in [0.1, 0.15) is 62.0 Å². The lowest BCUT2D eigenvalue weighted by Crippen LogP contribution is -2.52. The number of ether oxygens (including phenoxy) is 3. The van der Waals surface area contributed by atoms with Crippen LogP contribution in [0.15, 0.2) is 65.7 Å². The maximum atomic E-state index is 13.3. The highest BCUT2D eigenvalue weighted by Gasteiger charge is 2.40. The van der Waals surface area contributed by atoms with Gasteiger partial charge in [0, 0.05) is 69.7 Å². The lowest BCUT2D eigenvalue weighted by atomic mass is 10.0. The van der Waals surface area contributed by atoms with E-state index in [-0.39, 0.29) is 71.4 Å². The van der Waals surface area contributed by atoms with Crippen molar-refractivity contribution in [3.63, 3.8) is 0 Å². The first-order valence-electron chi connectivity index (χ1n) is 23.2. The van der Waals surface area contributed by atoms with Crippen LogP contribution in [0.5, 0.6) is 5.75 Å². The predicted octanol–water partition coefficient (Wildman–Crippen LogP) is 5.04. The number of piperazine rings is 1. The summed E-state index contributed by atoms with van der Waals surface area (Å²) in [5, 5.41) is 14.2. The molecule has 2 fully saturated rings. The van der Waals surface area contributed by atoms with Gasteiger partial charge in [0.1, 0.15) is 16.8 Å². The highest BCUT2D eigenvalue weighted by molar-refractivity contribution is 7.92. The Morgan fingerprint density at radius 2 is 1.65 bits per heavy atom. The number of halogens is 1. The van der Waals surface area contributed by atoms with Crippen molar-refractivity contribution in [2.75, 3.05) is 93.1 Å². The van der Waals surface area contributed by atoms with Gasteiger partial charge in [0.2, 0.25) is 23.7 Å². The van der Waals surface area contributed by atoms with Gasteiger partial charge in [0.15, 0.2) is 15.7 Å². The summed E-state index contributed by atoms with van der Waals surface area (Å²) >= 11 is 6.50. The maximum absolute atomic E-state index is 13.3. The van der Waals surface area contributed by atoms with Crippen molar-refractivity contribution in [2.24, 2.45) is 0 Å². The SMILES string of the molecule is Cc1cc(Nc2ncc(Cl)c(Nc3ccccc3S(=O)(=O)C(C)C)n2)c(OC(C)C)cc1N1CCN(CCOCCOCCNC(=O)CNc2cccc3c2C(=O)N(C2CCC(=O)NC2=O)C3)CC1. The van der Waals surface area contributed by atoms with Gasteiger partial charge in [0.05, 0.1) is 72.4 Å². The number of rotatable bonds is 22. The number of nitrogens with one attached hydrogen (secondary N) is 5. The van der Waals surface area contributed by atoms with Crippen LogP contribution in [0.3, 0.4) is 0 Å². The minimum atomic E-state index is -3.59. The third kappa shape index (κ3) is 12.8. The molecule has 4 amide bonds. The normalized spacial score (nSPS) is 16.5. The molecule has 0 radical (unpaired) electrons. The fraction of sp³-hybridized carbons (Fsp3) is 0.458. The molecule has 0 spiro atoms. The molecule has 0 saturated carbocycles. The number of carbonyl (C=O) groups is 4. The molecule has 7 rings (SSSR count). The molecule has 5 N–H and O–H groups in total. The van der Waals surface area contributed by atoms with Crippen LogP contribution in [0.25, 0.3) is 0 Å². The van der Waals surface area contributed by atoms with Crippen molar-refractivity contribution >= 4 is 79.6 Å². The molecule has 0 bridgehead atoms. The van der Waals surface area contributed by atoms with E-state index in [9.17, 15) is 27.6 Å². The van der Waals surface area contributed by atoms with E-state index in [4.69, 9.17) is 25.8 Å². The van der Waals surface area contributed by atoms with E-state index >= 15 is 0 Å². The van der Waals surface area contributed by atoms with Gasteiger partial charge in [-0.15, -0.1) is 0 Å². The van der Waals surface area contributed by atoms with Gasteiger partial charge >= 0.3 is 0 Å². The number of hydrogen-bond donors (Lipinski definition) is 5. The molecule has 0 aliphatic carbocycles. The number of anilines is 6. The van der Waals surface area contributed by atoms with Crippen LogP contribution >= 0.6 is 11.6 Å². The van der Waals surface area contributed by atoms with Gasteiger partial charge in [-0.25, -0.2) is 13.4 Å². The fourth-order valence-electron chi connectivity index (χ4n) is 8.29. The number of aromatic nitrogens is 2. The zero-order chi connectivity index (χ0) is 49.2. The largest absolute Gasteiger partial charge is 0.489 e. The number of carbonyl (C=O) groups excluding carboxylic acids is 4. The van der Waals surface area contributed by atoms with Gasteiger partial charge in [0.25, 0.3) is 5.91 Å². The topological polar surface area (TPSA) is 226 Å². The number of sulfone groups is 1. The standard InChI is InChI=1S/C48H61ClN10O9S/c1-30(2)68-40-26-39(32(5)25-37(40)54-48-52-27-34(49)45(56-48)53-35-10-6-7-12-41(35)69(64,65)31(3)4)58-18-16-57(17-19-58)20-22-67-24-23-66-21-15-50-43(61)28-51-36-11-8-9-33-29-59(47(63)44(33)36)38-13-14-42(60)55-46(38)62/h6-12,25-27,30-31,38,51H,13-24,28-29H2,1-5H3,(H,50,61)(H,55,60,62)(H2,52,53,54,56). The number of para-hydroxylation sites is 1. The van der Waals surface area contributed by atoms with Crippen LogP contribution < -0.4 is 36.2 Å². The van der Waals surface area contributed by atoms with Crippen molar-refractivity contribution < 1.29 is 41.8 Å². The lowest BCUT2D eigenvalue weighted by Gasteiger charge is -2.37. The van der Waals surface area contributed by atoms with E-state index in [0.29, 0.717) is 61.3 Å². The molecule has 4 heterocycles. The molecule has 1 atom stereocenters. The van der Waals surface area contributed by atoms with Gasteiger partial charge in [-0.3, -0.25) is 29.4 Å². The van der Waals surface area contributed by atoms with Crippen LogP contribution in [0, 0.1) is 6.92 Å². The molecule has 370 valence electrons. The number of amides is 4. The zero-order valence-electron chi connectivity index (χ0n) is 39.6. The second-order valence-electron chi connectivity index (χ2n) is 17.5. The van der Waals surface area contributed by atoms with Crippen LogP contribution in [-0.4, -0.2) is 141 Å². The van der Waals surface area contributed by atoms with Crippen LogP contribution in [-0.2, 0) is 40.2 Å². The summed E-state index contributed by atoms with van der Waals surface area (Å²) in [6.45, 7) is 15.6. The number of benzene rings is 3. The molecule has 1 unspecified atom stereocenters. The maximum Gasteiger partial charge on any atom is 0.257 e. The van der Waals surface area contributed by atoms with Crippen molar-refractivity contribution in [3.8, 4) is 5.75 Å². The summed E-state index contributed by atoms with van der Waals surface area (Å²) in [5.74, 6) is -0.240. The fourth-order valence-corrected chi connectivity index (χ4v) is 9.63. The van der Waals surface area contributed by atoms with E-state index in [1.165, 1.54) is 11.1 Å². The van der Waals surface area contributed by atoms with Gasteiger partial charge in [-0.1, -0.05) is 35.9 Å². The average Bonchev–Trinajstić information content (AvgIpc) is 3.65. The Bertz CT molecular complexity index is 2630. The summed E-state index contributed by atoms with van der Waals surface area (Å²) in [5.41, 5.74) is 4.84. The molecular weight excluding hydrogens is 928 g/mol. The Morgan fingerprint density at radius 3 is 2.39 bits per heavy atom. The third-order valence-electron chi connectivity index (χ3n) is 11.9. The Balaban J connectivity index is 0.805. The number of nitrogens with zero attached hydrogens (tertiary/aromatic N) is 5. The number of piperidine rings is 1. The van der Waals surface area contributed by atoms with Gasteiger partial charge < -0.3 is 45.3 Å². The number of hydrogen-bond acceptors (Lipinski definition) is 16. The highest BCUT2D eigenvalue weighted by Crippen LogP contribution is 2.37. The Morgan fingerprint density at radius 1 is 0.913 bits per heavy atom. The first kappa shape index (κ1) is 50.8. The second-order valence-corrected chi connectivity index (χ2v) is 20.4. The third-order valence-corrected chi connectivity index (χ3v) is 14.4. The van der Waals surface area contributed by atoms with Gasteiger partial charge in [-0.05, 0) is 76.4 Å². The summed E-state index contributed by atoms with van der Waals surface area (Å²) in [4.78, 5) is 65.3. The minimum absolute atomic E-state index is 0.0489. The molecule has 3 aliphatic rings. The quantitative estimate of drug-likeness (QED) is 0.0514. The van der Waals surface area contributed by atoms with Gasteiger partial charge in [-0.2, -0.15) is 4.98 Å². The molecule has 69 heavy (non-hydrogen) atoms. The van der Waals surface area contributed by atoms with E-state index < -0.39 is 27.0 Å².